The fraction of sp³-hybridized carbons (Fsp3) is 0.333. The number of rotatable bonds is 7. The zero-order valence-electron chi connectivity index (χ0n) is 18.9. The fourth-order valence-corrected chi connectivity index (χ4v) is 3.38. The van der Waals surface area contributed by atoms with Crippen LogP contribution in [-0.2, 0) is 4.79 Å². The third-order valence-electron chi connectivity index (χ3n) is 5.34. The van der Waals surface area contributed by atoms with Crippen molar-refractivity contribution in [2.45, 2.75) is 0 Å². The average molecular weight is 440 g/mol. The molecule has 2 aromatic carbocycles. The Labute approximate surface area is 188 Å². The second kappa shape index (κ2) is 10.7. The zero-order valence-corrected chi connectivity index (χ0v) is 18.9. The van der Waals surface area contributed by atoms with Crippen LogP contribution in [0.1, 0.15) is 15.9 Å². The van der Waals surface area contributed by atoms with Gasteiger partial charge in [-0.2, -0.15) is 0 Å². The van der Waals surface area contributed by atoms with Gasteiger partial charge in [0.2, 0.25) is 0 Å². The molecule has 0 aliphatic carbocycles. The highest BCUT2D eigenvalue weighted by Gasteiger charge is 2.24. The molecule has 0 atom stereocenters. The highest BCUT2D eigenvalue weighted by Crippen LogP contribution is 2.28. The highest BCUT2D eigenvalue weighted by atomic mass is 16.5. The van der Waals surface area contributed by atoms with Crippen LogP contribution in [0.15, 0.2) is 48.2 Å². The molecule has 1 N–H and O–H groups in total. The second-order valence-corrected chi connectivity index (χ2v) is 7.45. The number of nitrogens with zero attached hydrogens (tertiary/aromatic N) is 2. The van der Waals surface area contributed by atoms with Crippen LogP contribution in [0.2, 0.25) is 0 Å². The number of nitrogens with one attached hydrogen (secondary N) is 1. The van der Waals surface area contributed by atoms with Crippen LogP contribution < -0.4 is 19.5 Å². The lowest BCUT2D eigenvalue weighted by Crippen LogP contribution is -2.49. The predicted molar refractivity (Wildman–Crippen MR) is 122 cm³/mol. The van der Waals surface area contributed by atoms with Crippen LogP contribution in [0.5, 0.6) is 17.2 Å². The highest BCUT2D eigenvalue weighted by molar-refractivity contribution is 6.05. The number of benzene rings is 2. The molecule has 1 aliphatic rings. The Morgan fingerprint density at radius 3 is 2.12 bits per heavy atom. The summed E-state index contributed by atoms with van der Waals surface area (Å²) in [6.45, 7) is 2.75. The zero-order chi connectivity index (χ0) is 23.1. The van der Waals surface area contributed by atoms with Crippen molar-refractivity contribution in [3.63, 3.8) is 0 Å². The molecule has 170 valence electrons. The van der Waals surface area contributed by atoms with Gasteiger partial charge in [-0.05, 0) is 55.1 Å². The average Bonchev–Trinajstić information content (AvgIpc) is 2.83. The third-order valence-corrected chi connectivity index (χ3v) is 5.34. The van der Waals surface area contributed by atoms with Gasteiger partial charge in [0.05, 0.1) is 21.3 Å². The summed E-state index contributed by atoms with van der Waals surface area (Å²) in [6, 6.07) is 12.0. The Morgan fingerprint density at radius 2 is 1.53 bits per heavy atom. The van der Waals surface area contributed by atoms with E-state index in [0.717, 1.165) is 13.1 Å². The summed E-state index contributed by atoms with van der Waals surface area (Å²) >= 11 is 0. The number of piperazine rings is 1. The lowest BCUT2D eigenvalue weighted by Gasteiger charge is -2.33. The van der Waals surface area contributed by atoms with Crippen molar-refractivity contribution in [3.05, 3.63) is 59.3 Å². The molecule has 32 heavy (non-hydrogen) atoms. The Balaban J connectivity index is 1.90. The summed E-state index contributed by atoms with van der Waals surface area (Å²) in [6.07, 6.45) is 1.66. The molecule has 1 fully saturated rings. The molecule has 0 aromatic heterocycles. The molecule has 2 aromatic rings. The Hall–Kier alpha value is -3.52. The summed E-state index contributed by atoms with van der Waals surface area (Å²) < 4.78 is 15.8. The number of amides is 2. The van der Waals surface area contributed by atoms with Gasteiger partial charge in [0.25, 0.3) is 11.8 Å². The van der Waals surface area contributed by atoms with E-state index in [2.05, 4.69) is 10.2 Å². The molecule has 1 heterocycles. The van der Waals surface area contributed by atoms with Crippen molar-refractivity contribution in [1.29, 1.82) is 0 Å². The van der Waals surface area contributed by atoms with Gasteiger partial charge in [0.1, 0.15) is 11.4 Å². The summed E-state index contributed by atoms with van der Waals surface area (Å²) in [5.74, 6) is 1.17. The molecule has 3 rings (SSSR count). The number of hydrogen-bond donors (Lipinski definition) is 1. The SMILES string of the molecule is COc1ccc(C(=O)N/C(=C\c2ccc(OC)c(OC)c2)C(=O)N2CCN(C)CC2)cc1. The molecule has 8 heteroatoms. The second-order valence-electron chi connectivity index (χ2n) is 7.45. The number of carbonyl (C=O) groups excluding carboxylic acids is 2. The fourth-order valence-electron chi connectivity index (χ4n) is 3.38. The minimum absolute atomic E-state index is 0.197. The first kappa shape index (κ1) is 23.1. The van der Waals surface area contributed by atoms with Crippen LogP contribution in [0.25, 0.3) is 6.08 Å². The quantitative estimate of drug-likeness (QED) is 0.667. The first-order chi connectivity index (χ1) is 15.4. The van der Waals surface area contributed by atoms with E-state index in [1.54, 1.807) is 74.8 Å². The van der Waals surface area contributed by atoms with Gasteiger partial charge in [0, 0.05) is 31.7 Å². The maximum absolute atomic E-state index is 13.3. The van der Waals surface area contributed by atoms with Gasteiger partial charge >= 0.3 is 0 Å². The van der Waals surface area contributed by atoms with E-state index in [9.17, 15) is 9.59 Å². The summed E-state index contributed by atoms with van der Waals surface area (Å²) in [4.78, 5) is 30.1. The lowest BCUT2D eigenvalue weighted by molar-refractivity contribution is -0.128. The van der Waals surface area contributed by atoms with E-state index >= 15 is 0 Å². The largest absolute Gasteiger partial charge is 0.497 e. The Kier molecular flexibility index (Phi) is 7.72. The van der Waals surface area contributed by atoms with E-state index in [0.29, 0.717) is 41.5 Å². The van der Waals surface area contributed by atoms with Gasteiger partial charge in [-0.25, -0.2) is 0 Å². The molecule has 0 spiro atoms. The van der Waals surface area contributed by atoms with E-state index in [-0.39, 0.29) is 17.5 Å². The standard InChI is InChI=1S/C24H29N3O5/c1-26-11-13-27(14-12-26)24(29)20(15-17-5-10-21(31-3)22(16-17)32-4)25-23(28)18-6-8-19(30-2)9-7-18/h5-10,15-16H,11-14H2,1-4H3,(H,25,28)/b20-15-. The maximum atomic E-state index is 13.3. The summed E-state index contributed by atoms with van der Waals surface area (Å²) in [5.41, 5.74) is 1.33. The van der Waals surface area contributed by atoms with E-state index in [1.165, 1.54) is 0 Å². The molecular weight excluding hydrogens is 410 g/mol. The molecule has 0 saturated carbocycles. The molecule has 0 radical (unpaired) electrons. The van der Waals surface area contributed by atoms with Crippen LogP contribution in [-0.4, -0.2) is 76.2 Å². The smallest absolute Gasteiger partial charge is 0.270 e. The number of likely N-dealkylation sites (N-methyl/N-ethyl adjacent to an activating group) is 1. The van der Waals surface area contributed by atoms with Gasteiger partial charge in [-0.15, -0.1) is 0 Å². The number of hydrogen-bond acceptors (Lipinski definition) is 6. The van der Waals surface area contributed by atoms with E-state index < -0.39 is 0 Å². The number of methoxy groups -OCH3 is 3. The maximum Gasteiger partial charge on any atom is 0.270 e. The number of ether oxygens (including phenoxy) is 3. The minimum Gasteiger partial charge on any atom is -0.497 e. The molecule has 0 unspecified atom stereocenters. The molecule has 0 bridgehead atoms. The monoisotopic (exact) mass is 439 g/mol. The van der Waals surface area contributed by atoms with Crippen molar-refractivity contribution < 1.29 is 23.8 Å². The molecular formula is C24H29N3O5. The van der Waals surface area contributed by atoms with Crippen molar-refractivity contribution in [1.82, 2.24) is 15.1 Å². The third kappa shape index (κ3) is 5.59. The molecule has 1 saturated heterocycles. The first-order valence-electron chi connectivity index (χ1n) is 10.3. The van der Waals surface area contributed by atoms with Crippen molar-refractivity contribution in [2.75, 3.05) is 54.6 Å². The van der Waals surface area contributed by atoms with Crippen LogP contribution in [0.3, 0.4) is 0 Å². The van der Waals surface area contributed by atoms with Gasteiger partial charge in [-0.1, -0.05) is 6.07 Å². The topological polar surface area (TPSA) is 80.3 Å². The molecule has 8 nitrogen and oxygen atoms in total. The number of carbonyl (C=O) groups is 2. The van der Waals surface area contributed by atoms with Gasteiger partial charge < -0.3 is 29.3 Å². The lowest BCUT2D eigenvalue weighted by atomic mass is 10.1. The van der Waals surface area contributed by atoms with Crippen LogP contribution >= 0.6 is 0 Å². The minimum atomic E-state index is -0.373. The van der Waals surface area contributed by atoms with Crippen molar-refractivity contribution in [3.8, 4) is 17.2 Å². The van der Waals surface area contributed by atoms with Crippen LogP contribution in [0, 0.1) is 0 Å². The van der Waals surface area contributed by atoms with Gasteiger partial charge in [-0.3, -0.25) is 9.59 Å². The first-order valence-corrected chi connectivity index (χ1v) is 10.3. The molecule has 1 aliphatic heterocycles. The van der Waals surface area contributed by atoms with Crippen molar-refractivity contribution in [2.24, 2.45) is 0 Å². The molecule has 2 amide bonds. The van der Waals surface area contributed by atoms with Crippen LogP contribution in [0.4, 0.5) is 0 Å². The normalized spacial score (nSPS) is 14.6. The Bertz CT molecular complexity index is 980. The predicted octanol–water partition coefficient (Wildman–Crippen LogP) is 2.26. The van der Waals surface area contributed by atoms with E-state index in [4.69, 9.17) is 14.2 Å². The van der Waals surface area contributed by atoms with Crippen molar-refractivity contribution >= 4 is 17.9 Å². The van der Waals surface area contributed by atoms with Gasteiger partial charge in [0.15, 0.2) is 11.5 Å². The Morgan fingerprint density at radius 1 is 0.875 bits per heavy atom. The summed E-state index contributed by atoms with van der Waals surface area (Å²) in [7, 11) is 6.69. The summed E-state index contributed by atoms with van der Waals surface area (Å²) in [5, 5.41) is 2.80. The van der Waals surface area contributed by atoms with E-state index in [1.807, 2.05) is 7.05 Å².